The molecule has 10 nitrogen and oxygen atoms in total. The number of aryl methyl sites for hydroxylation is 1. The summed E-state index contributed by atoms with van der Waals surface area (Å²) < 4.78 is 31.1. The van der Waals surface area contributed by atoms with E-state index in [1.807, 2.05) is 0 Å². The van der Waals surface area contributed by atoms with Crippen LogP contribution in [0.1, 0.15) is 42.4 Å². The molecule has 1 aliphatic heterocycles. The number of halogens is 1. The van der Waals surface area contributed by atoms with Crippen LogP contribution in [0.3, 0.4) is 0 Å². The van der Waals surface area contributed by atoms with E-state index < -0.39 is 53.3 Å². The topological polar surface area (TPSA) is 123 Å². The van der Waals surface area contributed by atoms with Crippen molar-refractivity contribution >= 4 is 17.8 Å². The van der Waals surface area contributed by atoms with Crippen molar-refractivity contribution in [1.29, 1.82) is 0 Å². The molecule has 0 unspecified atom stereocenters. The molecule has 1 fully saturated rings. The zero-order valence-corrected chi connectivity index (χ0v) is 17.6. The molecule has 2 heterocycles. The van der Waals surface area contributed by atoms with Crippen LogP contribution in [0.25, 0.3) is 0 Å². The van der Waals surface area contributed by atoms with E-state index in [0.717, 1.165) is 4.57 Å². The van der Waals surface area contributed by atoms with Crippen molar-refractivity contribution in [3.05, 3.63) is 68.2 Å². The second-order valence-corrected chi connectivity index (χ2v) is 7.24. The normalized spacial score (nSPS) is 20.1. The molecule has 1 saturated heterocycles. The minimum Gasteiger partial charge on any atom is -0.463 e. The average Bonchev–Trinajstić information content (AvgIpc) is 3.11. The molecule has 32 heavy (non-hydrogen) atoms. The lowest BCUT2D eigenvalue weighted by Gasteiger charge is -2.18. The molecule has 0 saturated carbocycles. The van der Waals surface area contributed by atoms with Gasteiger partial charge in [-0.3, -0.25) is 23.7 Å². The minimum absolute atomic E-state index is 0.0571. The number of carbonyl (C=O) groups excluding carboxylic acids is 3. The van der Waals surface area contributed by atoms with Gasteiger partial charge in [0.1, 0.15) is 25.0 Å². The van der Waals surface area contributed by atoms with Gasteiger partial charge in [0.15, 0.2) is 0 Å². The van der Waals surface area contributed by atoms with Crippen LogP contribution in [0.15, 0.2) is 40.1 Å². The van der Waals surface area contributed by atoms with Gasteiger partial charge in [0.2, 0.25) is 5.82 Å². The molecule has 1 aromatic carbocycles. The van der Waals surface area contributed by atoms with Crippen molar-refractivity contribution in [3.8, 4) is 0 Å². The monoisotopic (exact) mass is 448 g/mol. The summed E-state index contributed by atoms with van der Waals surface area (Å²) in [5, 5.41) is 0. The van der Waals surface area contributed by atoms with Crippen LogP contribution in [0.2, 0.25) is 0 Å². The summed E-state index contributed by atoms with van der Waals surface area (Å²) in [5.41, 5.74) is -1.97. The van der Waals surface area contributed by atoms with E-state index in [1.54, 1.807) is 25.1 Å². The number of rotatable bonds is 5. The van der Waals surface area contributed by atoms with Gasteiger partial charge in [0.05, 0.1) is 6.20 Å². The van der Waals surface area contributed by atoms with E-state index in [2.05, 4.69) is 0 Å². The van der Waals surface area contributed by atoms with Crippen LogP contribution in [0.5, 0.6) is 0 Å². The number of nitrogens with zero attached hydrogens (tertiary/aromatic N) is 2. The summed E-state index contributed by atoms with van der Waals surface area (Å²) in [6.45, 7) is 3.69. The third kappa shape index (κ3) is 4.67. The standard InChI is InChI=1S/C21H21FN2O8/c1-11-6-4-5-7-14(11)19(27)24-20(28)15(22)9-23(21(24)29)18-8-16(31-13(3)26)17(32-18)10-30-12(2)25/h4-7,9,16-18H,8,10H2,1-3H3/t16-,17+,18+/m0/s1. The molecule has 0 amide bonds. The van der Waals surface area contributed by atoms with Crippen molar-refractivity contribution in [2.24, 2.45) is 0 Å². The molecule has 11 heteroatoms. The van der Waals surface area contributed by atoms with Gasteiger partial charge in [-0.2, -0.15) is 8.96 Å². The summed E-state index contributed by atoms with van der Waals surface area (Å²) in [6, 6.07) is 6.24. The first-order valence-electron chi connectivity index (χ1n) is 9.70. The Labute approximate surface area is 181 Å². The lowest BCUT2D eigenvalue weighted by molar-refractivity contribution is -0.155. The van der Waals surface area contributed by atoms with Crippen molar-refractivity contribution in [1.82, 2.24) is 9.13 Å². The second kappa shape index (κ2) is 9.27. The van der Waals surface area contributed by atoms with E-state index >= 15 is 0 Å². The zero-order chi connectivity index (χ0) is 23.6. The van der Waals surface area contributed by atoms with Gasteiger partial charge >= 0.3 is 17.6 Å². The highest BCUT2D eigenvalue weighted by atomic mass is 19.1. The summed E-state index contributed by atoms with van der Waals surface area (Å²) >= 11 is 0. The Morgan fingerprint density at radius 1 is 1.16 bits per heavy atom. The number of aromatic nitrogens is 2. The Kier molecular flexibility index (Phi) is 6.68. The van der Waals surface area contributed by atoms with E-state index in [4.69, 9.17) is 14.2 Å². The Balaban J connectivity index is 2.01. The summed E-state index contributed by atoms with van der Waals surface area (Å²) in [5.74, 6) is -3.57. The summed E-state index contributed by atoms with van der Waals surface area (Å²) in [7, 11) is 0. The smallest absolute Gasteiger partial charge is 0.340 e. The number of ether oxygens (including phenoxy) is 3. The molecule has 170 valence electrons. The van der Waals surface area contributed by atoms with Gasteiger partial charge in [-0.05, 0) is 18.6 Å². The fourth-order valence-electron chi connectivity index (χ4n) is 3.42. The van der Waals surface area contributed by atoms with Gasteiger partial charge in [0.25, 0.3) is 11.5 Å². The van der Waals surface area contributed by atoms with Crippen molar-refractivity contribution in [3.63, 3.8) is 0 Å². The molecule has 3 rings (SSSR count). The average molecular weight is 448 g/mol. The fraction of sp³-hybridized carbons (Fsp3) is 0.381. The van der Waals surface area contributed by atoms with Crippen LogP contribution < -0.4 is 11.2 Å². The summed E-state index contributed by atoms with van der Waals surface area (Å²) in [4.78, 5) is 60.8. The highest BCUT2D eigenvalue weighted by molar-refractivity contribution is 5.97. The van der Waals surface area contributed by atoms with Crippen LogP contribution in [0.4, 0.5) is 4.39 Å². The van der Waals surface area contributed by atoms with Crippen molar-refractivity contribution in [2.75, 3.05) is 6.61 Å². The van der Waals surface area contributed by atoms with E-state index in [-0.39, 0.29) is 23.2 Å². The third-order valence-corrected chi connectivity index (χ3v) is 4.91. The second-order valence-electron chi connectivity index (χ2n) is 7.24. The first kappa shape index (κ1) is 23.1. The first-order chi connectivity index (χ1) is 15.1. The van der Waals surface area contributed by atoms with E-state index in [0.29, 0.717) is 11.8 Å². The number of esters is 2. The number of benzene rings is 1. The van der Waals surface area contributed by atoms with Gasteiger partial charge in [0, 0.05) is 25.8 Å². The fourth-order valence-corrected chi connectivity index (χ4v) is 3.42. The lowest BCUT2D eigenvalue weighted by atomic mass is 10.1. The Morgan fingerprint density at radius 3 is 2.47 bits per heavy atom. The Morgan fingerprint density at radius 2 is 1.84 bits per heavy atom. The predicted octanol–water partition coefficient (Wildman–Crippen LogP) is 0.928. The molecular formula is C21H21FN2O8. The molecule has 1 aliphatic rings. The molecule has 0 aliphatic carbocycles. The van der Waals surface area contributed by atoms with Gasteiger partial charge < -0.3 is 14.2 Å². The third-order valence-electron chi connectivity index (χ3n) is 4.91. The van der Waals surface area contributed by atoms with Gasteiger partial charge in [-0.15, -0.1) is 0 Å². The maximum atomic E-state index is 14.5. The molecule has 3 atom stereocenters. The minimum atomic E-state index is -1.40. The van der Waals surface area contributed by atoms with Crippen molar-refractivity contribution in [2.45, 2.75) is 45.6 Å². The molecule has 1 aromatic heterocycles. The Hall–Kier alpha value is -3.60. The van der Waals surface area contributed by atoms with Crippen LogP contribution >= 0.6 is 0 Å². The molecule has 0 radical (unpaired) electrons. The number of carbonyl (C=O) groups is 3. The molecular weight excluding hydrogens is 427 g/mol. The highest BCUT2D eigenvalue weighted by Crippen LogP contribution is 2.30. The van der Waals surface area contributed by atoms with Gasteiger partial charge in [-0.1, -0.05) is 18.2 Å². The molecule has 0 bridgehead atoms. The number of hydrogen-bond donors (Lipinski definition) is 0. The maximum absolute atomic E-state index is 14.5. The van der Waals surface area contributed by atoms with E-state index in [9.17, 15) is 28.4 Å². The Bertz CT molecular complexity index is 1190. The first-order valence-corrected chi connectivity index (χ1v) is 9.70. The number of hydrogen-bond acceptors (Lipinski definition) is 8. The molecule has 0 spiro atoms. The van der Waals surface area contributed by atoms with Crippen molar-refractivity contribution < 1.29 is 33.0 Å². The molecule has 0 N–H and O–H groups in total. The van der Waals surface area contributed by atoms with Crippen LogP contribution in [0, 0.1) is 12.7 Å². The van der Waals surface area contributed by atoms with Crippen LogP contribution in [-0.4, -0.2) is 45.8 Å². The SMILES string of the molecule is CC(=O)OC[C@H]1O[C@@H](n2cc(F)c(=O)n(C(=O)c3ccccc3C)c2=O)C[C@@H]1OC(C)=O. The highest BCUT2D eigenvalue weighted by Gasteiger charge is 2.40. The van der Waals surface area contributed by atoms with E-state index in [1.165, 1.54) is 19.9 Å². The largest absolute Gasteiger partial charge is 0.463 e. The van der Waals surface area contributed by atoms with Gasteiger partial charge in [-0.25, -0.2) is 4.79 Å². The lowest BCUT2D eigenvalue weighted by Crippen LogP contribution is -2.46. The molecule has 2 aromatic rings. The predicted molar refractivity (Wildman–Crippen MR) is 107 cm³/mol. The maximum Gasteiger partial charge on any atom is 0.340 e. The zero-order valence-electron chi connectivity index (χ0n) is 17.6. The summed E-state index contributed by atoms with van der Waals surface area (Å²) in [6.07, 6.45) is -2.48. The van der Waals surface area contributed by atoms with Crippen LogP contribution in [-0.2, 0) is 23.8 Å². The quantitative estimate of drug-likeness (QED) is 0.619.